The average molecular weight is 261 g/mol. The minimum Gasteiger partial charge on any atom is -0.341 e. The number of amides is 1. The van der Waals surface area contributed by atoms with Gasteiger partial charge in [0.2, 0.25) is 5.91 Å². The minimum atomic E-state index is -0.139. The summed E-state index contributed by atoms with van der Waals surface area (Å²) in [4.78, 5) is 18.6. The highest BCUT2D eigenvalue weighted by molar-refractivity contribution is 5.81. The van der Waals surface area contributed by atoms with Crippen LogP contribution < -0.4 is 5.32 Å². The molecule has 1 saturated heterocycles. The SMILES string of the molecule is Cc1cccc(CNC(C)C(=O)N2CCCCC2)n1. The van der Waals surface area contributed by atoms with Crippen molar-refractivity contribution >= 4 is 5.91 Å². The van der Waals surface area contributed by atoms with Crippen LogP contribution in [0.4, 0.5) is 0 Å². The first-order valence-corrected chi connectivity index (χ1v) is 7.11. The molecule has 1 aromatic rings. The van der Waals surface area contributed by atoms with E-state index < -0.39 is 0 Å². The first-order chi connectivity index (χ1) is 9.16. The second-order valence-corrected chi connectivity index (χ2v) is 5.26. The van der Waals surface area contributed by atoms with Gasteiger partial charge in [0.05, 0.1) is 11.7 Å². The Hall–Kier alpha value is -1.42. The van der Waals surface area contributed by atoms with Crippen LogP contribution in [0, 0.1) is 6.92 Å². The maximum absolute atomic E-state index is 12.2. The number of rotatable bonds is 4. The molecule has 1 aliphatic rings. The molecule has 1 atom stereocenters. The molecule has 104 valence electrons. The number of hydrogen-bond acceptors (Lipinski definition) is 3. The van der Waals surface area contributed by atoms with Crippen molar-refractivity contribution in [2.24, 2.45) is 0 Å². The molecular formula is C15H23N3O. The normalized spacial score (nSPS) is 17.3. The molecule has 4 heteroatoms. The standard InChI is InChI=1S/C15H23N3O/c1-12-7-6-8-14(17-12)11-16-13(2)15(19)18-9-4-3-5-10-18/h6-8,13,16H,3-5,9-11H2,1-2H3. The quantitative estimate of drug-likeness (QED) is 0.900. The lowest BCUT2D eigenvalue weighted by Crippen LogP contribution is -2.46. The van der Waals surface area contributed by atoms with Crippen molar-refractivity contribution in [1.82, 2.24) is 15.2 Å². The zero-order valence-electron chi connectivity index (χ0n) is 11.9. The predicted octanol–water partition coefficient (Wildman–Crippen LogP) is 1.88. The first-order valence-electron chi connectivity index (χ1n) is 7.11. The van der Waals surface area contributed by atoms with Crippen LogP contribution in [0.1, 0.15) is 37.6 Å². The van der Waals surface area contributed by atoms with Crippen LogP contribution >= 0.6 is 0 Å². The summed E-state index contributed by atoms with van der Waals surface area (Å²) in [6, 6.07) is 5.82. The fourth-order valence-electron chi connectivity index (χ4n) is 2.43. The summed E-state index contributed by atoms with van der Waals surface area (Å²) in [7, 11) is 0. The fourth-order valence-corrected chi connectivity index (χ4v) is 2.43. The third-order valence-electron chi connectivity index (χ3n) is 3.57. The number of likely N-dealkylation sites (tertiary alicyclic amines) is 1. The molecule has 0 saturated carbocycles. The van der Waals surface area contributed by atoms with Crippen LogP contribution in [0.25, 0.3) is 0 Å². The predicted molar refractivity (Wildman–Crippen MR) is 75.7 cm³/mol. The van der Waals surface area contributed by atoms with E-state index in [-0.39, 0.29) is 11.9 Å². The average Bonchev–Trinajstić information content (AvgIpc) is 2.45. The highest BCUT2D eigenvalue weighted by Gasteiger charge is 2.21. The van der Waals surface area contributed by atoms with Crippen molar-refractivity contribution in [1.29, 1.82) is 0 Å². The Balaban J connectivity index is 1.83. The Kier molecular flexibility index (Phi) is 4.91. The first kappa shape index (κ1) is 14.0. The van der Waals surface area contributed by atoms with Gasteiger partial charge in [0.1, 0.15) is 0 Å². The molecule has 4 nitrogen and oxygen atoms in total. The van der Waals surface area contributed by atoms with E-state index in [2.05, 4.69) is 10.3 Å². The molecule has 0 radical (unpaired) electrons. The van der Waals surface area contributed by atoms with Gasteiger partial charge in [-0.15, -0.1) is 0 Å². The van der Waals surface area contributed by atoms with Gasteiger partial charge in [-0.25, -0.2) is 0 Å². The Morgan fingerprint density at radius 1 is 1.37 bits per heavy atom. The second-order valence-electron chi connectivity index (χ2n) is 5.26. The molecule has 2 rings (SSSR count). The molecule has 1 aliphatic heterocycles. The topological polar surface area (TPSA) is 45.2 Å². The fraction of sp³-hybridized carbons (Fsp3) is 0.600. The van der Waals surface area contributed by atoms with Gasteiger partial charge in [0.25, 0.3) is 0 Å². The molecule has 1 aromatic heterocycles. The lowest BCUT2D eigenvalue weighted by molar-refractivity contribution is -0.133. The summed E-state index contributed by atoms with van der Waals surface area (Å²) in [6.07, 6.45) is 3.52. The number of carbonyl (C=O) groups excluding carboxylic acids is 1. The molecule has 1 N–H and O–H groups in total. The smallest absolute Gasteiger partial charge is 0.239 e. The molecule has 1 amide bonds. The Morgan fingerprint density at radius 2 is 2.11 bits per heavy atom. The number of aryl methyl sites for hydroxylation is 1. The van der Waals surface area contributed by atoms with Crippen LogP contribution in [0.5, 0.6) is 0 Å². The number of nitrogens with zero attached hydrogens (tertiary/aromatic N) is 2. The zero-order chi connectivity index (χ0) is 13.7. The molecule has 1 unspecified atom stereocenters. The Morgan fingerprint density at radius 3 is 2.79 bits per heavy atom. The van der Waals surface area contributed by atoms with Crippen molar-refractivity contribution in [3.63, 3.8) is 0 Å². The van der Waals surface area contributed by atoms with Crippen molar-refractivity contribution in [3.05, 3.63) is 29.6 Å². The van der Waals surface area contributed by atoms with Gasteiger partial charge in [-0.05, 0) is 45.2 Å². The van der Waals surface area contributed by atoms with Gasteiger partial charge in [-0.1, -0.05) is 6.07 Å². The molecular weight excluding hydrogens is 238 g/mol. The lowest BCUT2D eigenvalue weighted by atomic mass is 10.1. The van der Waals surface area contributed by atoms with Crippen LogP contribution in [-0.2, 0) is 11.3 Å². The van der Waals surface area contributed by atoms with E-state index >= 15 is 0 Å². The maximum atomic E-state index is 12.2. The molecule has 0 bridgehead atoms. The number of piperidine rings is 1. The number of pyridine rings is 1. The van der Waals surface area contributed by atoms with Crippen molar-refractivity contribution in [3.8, 4) is 0 Å². The van der Waals surface area contributed by atoms with Crippen LogP contribution in [-0.4, -0.2) is 34.9 Å². The van der Waals surface area contributed by atoms with Crippen LogP contribution in [0.2, 0.25) is 0 Å². The number of nitrogens with one attached hydrogen (secondary N) is 1. The third kappa shape index (κ3) is 4.03. The number of hydrogen-bond donors (Lipinski definition) is 1. The molecule has 2 heterocycles. The molecule has 0 aromatic carbocycles. The van der Waals surface area contributed by atoms with Gasteiger partial charge in [0, 0.05) is 25.3 Å². The van der Waals surface area contributed by atoms with Gasteiger partial charge >= 0.3 is 0 Å². The van der Waals surface area contributed by atoms with E-state index in [9.17, 15) is 4.79 Å². The van der Waals surface area contributed by atoms with Gasteiger partial charge < -0.3 is 10.2 Å². The van der Waals surface area contributed by atoms with Gasteiger partial charge in [-0.2, -0.15) is 0 Å². The molecule has 0 spiro atoms. The molecule has 19 heavy (non-hydrogen) atoms. The number of aromatic nitrogens is 1. The summed E-state index contributed by atoms with van der Waals surface area (Å²) in [5.41, 5.74) is 1.99. The summed E-state index contributed by atoms with van der Waals surface area (Å²) >= 11 is 0. The zero-order valence-corrected chi connectivity index (χ0v) is 11.9. The Bertz CT molecular complexity index is 427. The Labute approximate surface area is 115 Å². The monoisotopic (exact) mass is 261 g/mol. The van der Waals surface area contributed by atoms with Crippen molar-refractivity contribution in [2.45, 2.75) is 45.7 Å². The summed E-state index contributed by atoms with van der Waals surface area (Å²) in [5.74, 6) is 0.215. The lowest BCUT2D eigenvalue weighted by Gasteiger charge is -2.29. The highest BCUT2D eigenvalue weighted by Crippen LogP contribution is 2.10. The van der Waals surface area contributed by atoms with E-state index in [0.29, 0.717) is 6.54 Å². The van der Waals surface area contributed by atoms with Gasteiger partial charge in [-0.3, -0.25) is 9.78 Å². The van der Waals surface area contributed by atoms with Crippen molar-refractivity contribution in [2.75, 3.05) is 13.1 Å². The minimum absolute atomic E-state index is 0.139. The molecule has 1 fully saturated rings. The van der Waals surface area contributed by atoms with E-state index in [1.165, 1.54) is 6.42 Å². The summed E-state index contributed by atoms with van der Waals surface area (Å²) in [5, 5.41) is 3.27. The molecule has 0 aliphatic carbocycles. The van der Waals surface area contributed by atoms with Crippen LogP contribution in [0.3, 0.4) is 0 Å². The van der Waals surface area contributed by atoms with E-state index in [0.717, 1.165) is 37.3 Å². The second kappa shape index (κ2) is 6.66. The maximum Gasteiger partial charge on any atom is 0.239 e. The van der Waals surface area contributed by atoms with E-state index in [1.54, 1.807) is 0 Å². The summed E-state index contributed by atoms with van der Waals surface area (Å²) in [6.45, 7) is 6.38. The van der Waals surface area contributed by atoms with Crippen LogP contribution in [0.15, 0.2) is 18.2 Å². The largest absolute Gasteiger partial charge is 0.341 e. The number of carbonyl (C=O) groups is 1. The van der Waals surface area contributed by atoms with E-state index in [1.807, 2.05) is 36.9 Å². The third-order valence-corrected chi connectivity index (χ3v) is 3.57. The van der Waals surface area contributed by atoms with E-state index in [4.69, 9.17) is 0 Å². The highest BCUT2D eigenvalue weighted by atomic mass is 16.2. The van der Waals surface area contributed by atoms with Gasteiger partial charge in [0.15, 0.2) is 0 Å². The summed E-state index contributed by atoms with van der Waals surface area (Å²) < 4.78 is 0. The van der Waals surface area contributed by atoms with Crippen molar-refractivity contribution < 1.29 is 4.79 Å².